The molecule has 0 aliphatic carbocycles. The fourth-order valence-electron chi connectivity index (χ4n) is 0.749. The lowest BCUT2D eigenvalue weighted by Crippen LogP contribution is -2.16. The molecule has 0 aromatic carbocycles. The molecule has 0 aliphatic heterocycles. The van der Waals surface area contributed by atoms with Gasteiger partial charge in [-0.2, -0.15) is 10.2 Å². The molecule has 1 rings (SSSR count). The van der Waals surface area contributed by atoms with E-state index in [9.17, 15) is 4.79 Å². The first-order chi connectivity index (χ1) is 5.15. The van der Waals surface area contributed by atoms with E-state index in [2.05, 4.69) is 4.98 Å². The van der Waals surface area contributed by atoms with E-state index < -0.39 is 5.56 Å². The summed E-state index contributed by atoms with van der Waals surface area (Å²) in [5.74, 6) is -0.0718. The number of rotatable bonds is 0. The van der Waals surface area contributed by atoms with Gasteiger partial charge in [0.1, 0.15) is 0 Å². The molecule has 2 N–H and O–H groups in total. The lowest BCUT2D eigenvalue weighted by atomic mass is 10.4. The molecule has 1 aromatic rings. The molecule has 0 saturated heterocycles. The van der Waals surface area contributed by atoms with Crippen LogP contribution in [0.4, 0.5) is 5.95 Å². The molecule has 5 heteroatoms. The van der Waals surface area contributed by atoms with Gasteiger partial charge in [0.25, 0.3) is 5.56 Å². The van der Waals surface area contributed by atoms with Gasteiger partial charge in [0.15, 0.2) is 6.19 Å². The summed E-state index contributed by atoms with van der Waals surface area (Å²) < 4.78 is 1.08. The number of hydrogen-bond acceptors (Lipinski definition) is 4. The Morgan fingerprint density at radius 3 is 2.91 bits per heavy atom. The fraction of sp³-hybridized carbons (Fsp3) is 0.167. The summed E-state index contributed by atoms with van der Waals surface area (Å²) in [6, 6.07) is 1.25. The van der Waals surface area contributed by atoms with Crippen molar-refractivity contribution in [3.8, 4) is 6.19 Å². The lowest BCUT2D eigenvalue weighted by Gasteiger charge is -2.00. The minimum atomic E-state index is -0.425. The first kappa shape index (κ1) is 7.28. The van der Waals surface area contributed by atoms with Gasteiger partial charge >= 0.3 is 0 Å². The van der Waals surface area contributed by atoms with Crippen LogP contribution in [0.2, 0.25) is 0 Å². The van der Waals surface area contributed by atoms with E-state index >= 15 is 0 Å². The molecule has 11 heavy (non-hydrogen) atoms. The Morgan fingerprint density at radius 2 is 2.45 bits per heavy atom. The smallest absolute Gasteiger partial charge is 0.274 e. The zero-order chi connectivity index (χ0) is 8.43. The van der Waals surface area contributed by atoms with Crippen LogP contribution in [0.5, 0.6) is 0 Å². The van der Waals surface area contributed by atoms with E-state index in [-0.39, 0.29) is 5.95 Å². The molecule has 0 bridgehead atoms. The molecule has 0 spiro atoms. The van der Waals surface area contributed by atoms with E-state index in [1.54, 1.807) is 13.1 Å². The molecule has 0 unspecified atom stereocenters. The van der Waals surface area contributed by atoms with E-state index in [4.69, 9.17) is 11.0 Å². The van der Waals surface area contributed by atoms with Crippen molar-refractivity contribution in [2.75, 3.05) is 5.73 Å². The molecule has 5 nitrogen and oxygen atoms in total. The first-order valence-corrected chi connectivity index (χ1v) is 2.91. The van der Waals surface area contributed by atoms with Crippen LogP contribution >= 0.6 is 0 Å². The van der Waals surface area contributed by atoms with Crippen LogP contribution in [0.3, 0.4) is 0 Å². The molecule has 0 fully saturated rings. The third-order valence-corrected chi connectivity index (χ3v) is 1.24. The van der Waals surface area contributed by atoms with Gasteiger partial charge in [-0.3, -0.25) is 4.79 Å². The maximum Gasteiger partial charge on any atom is 0.274 e. The van der Waals surface area contributed by atoms with Gasteiger partial charge in [-0.1, -0.05) is 0 Å². The summed E-state index contributed by atoms with van der Waals surface area (Å²) in [5, 5.41) is 8.48. The molecular formula is C6H6N4O. The second-order valence-corrected chi connectivity index (χ2v) is 2.03. The molecule has 0 saturated carbocycles. The van der Waals surface area contributed by atoms with Crippen molar-refractivity contribution in [2.45, 2.75) is 6.92 Å². The molecule has 1 aromatic heterocycles. The number of hydrogen-bond donors (Lipinski definition) is 1. The zero-order valence-corrected chi connectivity index (χ0v) is 5.90. The second kappa shape index (κ2) is 2.42. The monoisotopic (exact) mass is 150 g/mol. The van der Waals surface area contributed by atoms with Gasteiger partial charge < -0.3 is 5.73 Å². The largest absolute Gasteiger partial charge is 0.368 e. The predicted octanol–water partition coefficient (Wildman–Crippen LogP) is -0.537. The molecule has 0 atom stereocenters. The standard InChI is InChI=1S/C6H6N4O/c1-4-2-5(11)9-6(8)10(4)3-7/h2H,1H3,(H2,8,9,11). The van der Waals surface area contributed by atoms with Crippen molar-refractivity contribution in [2.24, 2.45) is 0 Å². The summed E-state index contributed by atoms with van der Waals surface area (Å²) in [5.41, 5.74) is 5.33. The molecule has 0 aliphatic rings. The Kier molecular flexibility index (Phi) is 1.60. The number of aromatic nitrogens is 2. The number of nitrogens with two attached hydrogens (primary N) is 1. The van der Waals surface area contributed by atoms with Crippen molar-refractivity contribution < 1.29 is 0 Å². The highest BCUT2D eigenvalue weighted by Gasteiger charge is 2.00. The van der Waals surface area contributed by atoms with E-state index in [1.807, 2.05) is 0 Å². The van der Waals surface area contributed by atoms with E-state index in [1.165, 1.54) is 6.07 Å². The zero-order valence-electron chi connectivity index (χ0n) is 5.90. The first-order valence-electron chi connectivity index (χ1n) is 2.91. The van der Waals surface area contributed by atoms with Crippen molar-refractivity contribution in [1.82, 2.24) is 9.55 Å². The van der Waals surface area contributed by atoms with Crippen LogP contribution in [0, 0.1) is 18.4 Å². The van der Waals surface area contributed by atoms with Crippen LogP contribution in [0.15, 0.2) is 10.9 Å². The number of anilines is 1. The normalized spacial score (nSPS) is 9.09. The maximum atomic E-state index is 10.7. The summed E-state index contributed by atoms with van der Waals surface area (Å²) >= 11 is 0. The lowest BCUT2D eigenvalue weighted by molar-refractivity contribution is 0.947. The van der Waals surface area contributed by atoms with Gasteiger partial charge in [-0.15, -0.1) is 0 Å². The van der Waals surface area contributed by atoms with Crippen LogP contribution in [0.1, 0.15) is 5.69 Å². The Morgan fingerprint density at radius 1 is 1.82 bits per heavy atom. The number of nitrogen functional groups attached to an aromatic ring is 1. The minimum absolute atomic E-state index is 0.0718. The van der Waals surface area contributed by atoms with Gasteiger partial charge in [0.2, 0.25) is 5.95 Å². The SMILES string of the molecule is Cc1cc(=O)nc(N)n1C#N. The summed E-state index contributed by atoms with van der Waals surface area (Å²) in [7, 11) is 0. The van der Waals surface area contributed by atoms with Gasteiger partial charge in [-0.25, -0.2) is 4.57 Å². The Bertz CT molecular complexity index is 347. The molecule has 0 radical (unpaired) electrons. The highest BCUT2D eigenvalue weighted by Crippen LogP contribution is 1.96. The fourth-order valence-corrected chi connectivity index (χ4v) is 0.749. The minimum Gasteiger partial charge on any atom is -0.368 e. The van der Waals surface area contributed by atoms with E-state index in [0.29, 0.717) is 5.69 Å². The number of aryl methyl sites for hydroxylation is 1. The van der Waals surface area contributed by atoms with Crippen molar-refractivity contribution in [1.29, 1.82) is 5.26 Å². The van der Waals surface area contributed by atoms with Gasteiger partial charge in [-0.05, 0) is 6.92 Å². The average molecular weight is 150 g/mol. The number of nitriles is 1. The quantitative estimate of drug-likeness (QED) is 0.538. The Balaban J connectivity index is 3.52. The van der Waals surface area contributed by atoms with Crippen LogP contribution in [0.25, 0.3) is 0 Å². The van der Waals surface area contributed by atoms with E-state index in [0.717, 1.165) is 4.57 Å². The number of nitrogens with zero attached hydrogens (tertiary/aromatic N) is 3. The van der Waals surface area contributed by atoms with Crippen LogP contribution < -0.4 is 11.3 Å². The molecule has 0 amide bonds. The molecule has 1 heterocycles. The summed E-state index contributed by atoms with van der Waals surface area (Å²) in [6.07, 6.45) is 1.78. The molecule has 56 valence electrons. The van der Waals surface area contributed by atoms with Crippen molar-refractivity contribution in [3.05, 3.63) is 22.1 Å². The highest BCUT2D eigenvalue weighted by atomic mass is 16.1. The van der Waals surface area contributed by atoms with Crippen LogP contribution in [-0.2, 0) is 0 Å². The molecular weight excluding hydrogens is 144 g/mol. The summed E-state index contributed by atoms with van der Waals surface area (Å²) in [4.78, 5) is 14.0. The maximum absolute atomic E-state index is 10.7. The Hall–Kier alpha value is -1.83. The topological polar surface area (TPSA) is 84.7 Å². The third-order valence-electron chi connectivity index (χ3n) is 1.24. The third kappa shape index (κ3) is 1.19. The van der Waals surface area contributed by atoms with Gasteiger partial charge in [0.05, 0.1) is 0 Å². The second-order valence-electron chi connectivity index (χ2n) is 2.03. The summed E-state index contributed by atoms with van der Waals surface area (Å²) in [6.45, 7) is 1.61. The van der Waals surface area contributed by atoms with Gasteiger partial charge in [0, 0.05) is 11.8 Å². The Labute approximate surface area is 62.7 Å². The highest BCUT2D eigenvalue weighted by molar-refractivity contribution is 5.24. The van der Waals surface area contributed by atoms with Crippen molar-refractivity contribution >= 4 is 5.95 Å². The predicted molar refractivity (Wildman–Crippen MR) is 38.7 cm³/mol. The van der Waals surface area contributed by atoms with Crippen LogP contribution in [-0.4, -0.2) is 9.55 Å². The average Bonchev–Trinajstić information content (AvgIpc) is 1.85. The van der Waals surface area contributed by atoms with Crippen molar-refractivity contribution in [3.63, 3.8) is 0 Å².